The third kappa shape index (κ3) is 3.46. The Morgan fingerprint density at radius 1 is 0.962 bits per heavy atom. The number of hydrogen-bond donors (Lipinski definition) is 4. The van der Waals surface area contributed by atoms with Gasteiger partial charge < -0.3 is 15.6 Å². The Morgan fingerprint density at radius 3 is 2.38 bits per heavy atom. The number of amidine groups is 2. The first kappa shape index (κ1) is 17.0. The zero-order valence-corrected chi connectivity index (χ0v) is 13.5. The van der Waals surface area contributed by atoms with Crippen molar-refractivity contribution >= 4 is 35.3 Å². The molecule has 0 aliphatic carbocycles. The topological polar surface area (TPSA) is 155 Å². The van der Waals surface area contributed by atoms with Gasteiger partial charge in [-0.1, -0.05) is 18.2 Å². The molecule has 0 amide bonds. The van der Waals surface area contributed by atoms with Crippen LogP contribution in [0.5, 0.6) is 5.75 Å². The summed E-state index contributed by atoms with van der Waals surface area (Å²) in [5.74, 6) is -0.231. The lowest BCUT2D eigenvalue weighted by Crippen LogP contribution is -2.36. The fraction of sp³-hybridized carbons (Fsp3) is 0.0588. The second-order valence-corrected chi connectivity index (χ2v) is 5.24. The van der Waals surface area contributed by atoms with Crippen molar-refractivity contribution in [3.63, 3.8) is 0 Å². The van der Waals surface area contributed by atoms with Crippen LogP contribution in [-0.4, -0.2) is 34.5 Å². The molecule has 1 atom stereocenters. The molecule has 1 aromatic carbocycles. The van der Waals surface area contributed by atoms with E-state index in [1.807, 2.05) is 0 Å². The summed E-state index contributed by atoms with van der Waals surface area (Å²) in [5, 5.41) is 39.2. The van der Waals surface area contributed by atoms with Crippen LogP contribution in [0.25, 0.3) is 0 Å². The lowest BCUT2D eigenvalue weighted by Gasteiger charge is -2.22. The predicted molar refractivity (Wildman–Crippen MR) is 98.0 cm³/mol. The number of rotatable bonds is 4. The maximum absolute atomic E-state index is 8.35. The van der Waals surface area contributed by atoms with Gasteiger partial charge in [-0.3, -0.25) is 10.8 Å². The number of ether oxygens (including phenoxy) is 1. The third-order valence-electron chi connectivity index (χ3n) is 3.60. The van der Waals surface area contributed by atoms with Gasteiger partial charge in [0, 0.05) is 6.20 Å². The molecule has 0 spiro atoms. The molecule has 0 unspecified atom stereocenters. The van der Waals surface area contributed by atoms with Crippen molar-refractivity contribution in [2.75, 3.05) is 0 Å². The van der Waals surface area contributed by atoms with Crippen molar-refractivity contribution in [1.82, 2.24) is 4.98 Å². The van der Waals surface area contributed by atoms with Crippen LogP contribution in [0, 0.1) is 21.6 Å². The summed E-state index contributed by atoms with van der Waals surface area (Å²) in [4.78, 5) is 7.90. The highest BCUT2D eigenvalue weighted by Gasteiger charge is 2.33. The predicted octanol–water partition coefficient (Wildman–Crippen LogP) is 3.36. The van der Waals surface area contributed by atoms with E-state index in [9.17, 15) is 0 Å². The number of pyridine rings is 1. The Morgan fingerprint density at radius 2 is 1.73 bits per heavy atom. The first-order valence-electron chi connectivity index (χ1n) is 7.53. The van der Waals surface area contributed by atoms with E-state index in [0.717, 1.165) is 6.40 Å². The van der Waals surface area contributed by atoms with Gasteiger partial charge in [-0.15, -0.1) is 10.2 Å². The van der Waals surface area contributed by atoms with Crippen LogP contribution in [0.3, 0.4) is 0 Å². The second-order valence-electron chi connectivity index (χ2n) is 5.24. The summed E-state index contributed by atoms with van der Waals surface area (Å²) in [7, 11) is 0. The molecule has 0 saturated carbocycles. The smallest absolute Gasteiger partial charge is 0.198 e. The molecule has 0 radical (unpaired) electrons. The number of benzene rings is 1. The molecular formula is C17H14N8O. The summed E-state index contributed by atoms with van der Waals surface area (Å²) in [5.41, 5.74) is 0.515. The quantitative estimate of drug-likeness (QED) is 0.381. The van der Waals surface area contributed by atoms with Gasteiger partial charge in [0.05, 0.1) is 17.3 Å². The van der Waals surface area contributed by atoms with Crippen LogP contribution in [-0.2, 0) is 0 Å². The Kier molecular flexibility index (Phi) is 4.79. The summed E-state index contributed by atoms with van der Waals surface area (Å²) in [6.45, 7) is 0. The maximum Gasteiger partial charge on any atom is 0.198 e. The first-order valence-corrected chi connectivity index (χ1v) is 7.53. The van der Waals surface area contributed by atoms with Crippen molar-refractivity contribution in [2.45, 2.75) is 5.92 Å². The van der Waals surface area contributed by atoms with Crippen molar-refractivity contribution in [1.29, 1.82) is 21.6 Å². The van der Waals surface area contributed by atoms with E-state index in [4.69, 9.17) is 26.4 Å². The monoisotopic (exact) mass is 346 g/mol. The number of azo groups is 1. The number of nitrogens with zero attached hydrogens (tertiary/aromatic N) is 4. The Labute approximate surface area is 148 Å². The molecular weight excluding hydrogens is 332 g/mol. The molecule has 26 heavy (non-hydrogen) atoms. The molecule has 2 aromatic rings. The highest BCUT2D eigenvalue weighted by molar-refractivity contribution is 6.60. The normalized spacial score (nSPS) is 17.3. The van der Waals surface area contributed by atoms with Gasteiger partial charge in [0.1, 0.15) is 5.75 Å². The van der Waals surface area contributed by atoms with E-state index in [2.05, 4.69) is 20.2 Å². The van der Waals surface area contributed by atoms with Gasteiger partial charge in [0.25, 0.3) is 0 Å². The summed E-state index contributed by atoms with van der Waals surface area (Å²) < 4.78 is 4.96. The van der Waals surface area contributed by atoms with Crippen LogP contribution in [0.15, 0.2) is 63.9 Å². The molecule has 1 aliphatic heterocycles. The van der Waals surface area contributed by atoms with Gasteiger partial charge in [-0.05, 0) is 29.8 Å². The maximum atomic E-state index is 8.35. The van der Waals surface area contributed by atoms with Crippen molar-refractivity contribution < 1.29 is 4.74 Å². The molecule has 0 fully saturated rings. The van der Waals surface area contributed by atoms with Crippen LogP contribution < -0.4 is 4.74 Å². The number of hydrogen-bond acceptors (Lipinski definition) is 8. The van der Waals surface area contributed by atoms with Crippen LogP contribution in [0.2, 0.25) is 0 Å². The Hall–Kier alpha value is -3.88. The molecule has 3 rings (SSSR count). The summed E-state index contributed by atoms with van der Waals surface area (Å²) in [6, 6.07) is 11.8. The van der Waals surface area contributed by atoms with E-state index in [-0.39, 0.29) is 23.1 Å². The standard InChI is InChI=1S/C17H14N8O/c18-9-26-11-6-4-10(5-7-11)13-14(19)16(21)23-17(15(13)20)25-24-12-3-1-2-8-22-12/h1-9,13,18-21H/t13-/m1/s1. The molecule has 9 heteroatoms. The van der Waals surface area contributed by atoms with Gasteiger partial charge in [0.15, 0.2) is 23.9 Å². The average Bonchev–Trinajstić information content (AvgIpc) is 2.66. The fourth-order valence-electron chi connectivity index (χ4n) is 2.36. The van der Waals surface area contributed by atoms with Crippen LogP contribution >= 0.6 is 0 Å². The van der Waals surface area contributed by atoms with Gasteiger partial charge in [-0.25, -0.2) is 9.98 Å². The molecule has 1 aliphatic rings. The number of aromatic nitrogens is 1. The Balaban J connectivity index is 1.90. The largest absolute Gasteiger partial charge is 0.446 e. The van der Waals surface area contributed by atoms with Gasteiger partial charge in [-0.2, -0.15) is 0 Å². The van der Waals surface area contributed by atoms with E-state index in [0.29, 0.717) is 17.1 Å². The molecule has 4 N–H and O–H groups in total. The molecule has 0 saturated heterocycles. The van der Waals surface area contributed by atoms with E-state index in [1.165, 1.54) is 0 Å². The number of aliphatic imine (C=N–C) groups is 1. The summed E-state index contributed by atoms with van der Waals surface area (Å²) in [6.07, 6.45) is 2.39. The average molecular weight is 346 g/mol. The minimum atomic E-state index is -0.772. The molecule has 2 heterocycles. The van der Waals surface area contributed by atoms with Crippen molar-refractivity contribution in [2.24, 2.45) is 15.2 Å². The highest BCUT2D eigenvalue weighted by atomic mass is 16.5. The lowest BCUT2D eigenvalue weighted by atomic mass is 9.86. The van der Waals surface area contributed by atoms with Gasteiger partial charge >= 0.3 is 0 Å². The highest BCUT2D eigenvalue weighted by Crippen LogP contribution is 2.26. The van der Waals surface area contributed by atoms with E-state index >= 15 is 0 Å². The van der Waals surface area contributed by atoms with Crippen LogP contribution in [0.4, 0.5) is 5.82 Å². The SMILES string of the molecule is N=COc1ccc([C@@H]2C(=N)C(=N)N=C(N=Nc3ccccn3)C2=N)cc1. The minimum absolute atomic E-state index is 0.0218. The molecule has 9 nitrogen and oxygen atoms in total. The molecule has 0 bridgehead atoms. The first-order chi connectivity index (χ1) is 12.6. The van der Waals surface area contributed by atoms with Crippen LogP contribution in [0.1, 0.15) is 11.5 Å². The van der Waals surface area contributed by atoms with Crippen molar-refractivity contribution in [3.8, 4) is 5.75 Å². The molecule has 128 valence electrons. The van der Waals surface area contributed by atoms with E-state index < -0.39 is 5.92 Å². The Bertz CT molecular complexity index is 931. The molecule has 1 aromatic heterocycles. The second kappa shape index (κ2) is 7.34. The third-order valence-corrected chi connectivity index (χ3v) is 3.60. The van der Waals surface area contributed by atoms with Gasteiger partial charge in [0.2, 0.25) is 0 Å². The number of nitrogens with one attached hydrogen (secondary N) is 4. The zero-order valence-electron chi connectivity index (χ0n) is 13.5. The minimum Gasteiger partial charge on any atom is -0.446 e. The van der Waals surface area contributed by atoms with Crippen molar-refractivity contribution in [3.05, 3.63) is 54.2 Å². The van der Waals surface area contributed by atoms with E-state index in [1.54, 1.807) is 48.7 Å². The summed E-state index contributed by atoms with van der Waals surface area (Å²) >= 11 is 0. The fourth-order valence-corrected chi connectivity index (χ4v) is 2.36. The lowest BCUT2D eigenvalue weighted by molar-refractivity contribution is 0.569. The zero-order chi connectivity index (χ0) is 18.5.